The molecule has 4 rings (SSSR count). The lowest BCUT2D eigenvalue weighted by atomic mass is 9.78. The molecule has 0 radical (unpaired) electrons. The molecule has 0 bridgehead atoms. The van der Waals surface area contributed by atoms with E-state index in [0.29, 0.717) is 18.7 Å². The Hall–Kier alpha value is -2.22. The minimum absolute atomic E-state index is 0.0315. The fraction of sp³-hybridized carbons (Fsp3) is 0.591. The van der Waals surface area contributed by atoms with Crippen molar-refractivity contribution in [2.75, 3.05) is 32.7 Å². The summed E-state index contributed by atoms with van der Waals surface area (Å²) in [5.41, 5.74) is -0.525. The molecule has 1 aliphatic carbocycles. The molecule has 1 aromatic heterocycles. The number of alkyl halides is 2. The molecular weight excluding hydrogens is 521 g/mol. The van der Waals surface area contributed by atoms with E-state index in [-0.39, 0.29) is 60.9 Å². The number of nitrogens with zero attached hydrogens (tertiary/aromatic N) is 5. The minimum atomic E-state index is -3.84. The molecule has 1 aromatic carbocycles. The first-order chi connectivity index (χ1) is 16.8. The van der Waals surface area contributed by atoms with Gasteiger partial charge in [-0.1, -0.05) is 22.9 Å². The first-order valence-electron chi connectivity index (χ1n) is 11.6. The van der Waals surface area contributed by atoms with Gasteiger partial charge in [0.15, 0.2) is 0 Å². The van der Waals surface area contributed by atoms with Crippen LogP contribution in [0.1, 0.15) is 41.6 Å². The van der Waals surface area contributed by atoms with Gasteiger partial charge in [0.1, 0.15) is 5.82 Å². The van der Waals surface area contributed by atoms with Crippen LogP contribution in [-0.4, -0.2) is 82.7 Å². The van der Waals surface area contributed by atoms with Gasteiger partial charge in [-0.05, 0) is 31.4 Å². The Bertz CT molecular complexity index is 1240. The van der Waals surface area contributed by atoms with Crippen LogP contribution in [0.5, 0.6) is 0 Å². The number of aryl methyl sites for hydroxylation is 2. The molecule has 2 aromatic rings. The fourth-order valence-electron chi connectivity index (χ4n) is 4.83. The molecule has 36 heavy (non-hydrogen) atoms. The second-order valence-electron chi connectivity index (χ2n) is 9.44. The molecule has 2 fully saturated rings. The van der Waals surface area contributed by atoms with Crippen molar-refractivity contribution < 1.29 is 26.4 Å². The molecule has 0 spiro atoms. The molecule has 1 aliphatic heterocycles. The van der Waals surface area contributed by atoms with Gasteiger partial charge in [0.25, 0.3) is 15.9 Å². The van der Waals surface area contributed by atoms with E-state index in [4.69, 9.17) is 11.6 Å². The summed E-state index contributed by atoms with van der Waals surface area (Å²) >= 11 is 6.03. The molecule has 198 valence electrons. The van der Waals surface area contributed by atoms with Gasteiger partial charge in [0, 0.05) is 58.2 Å². The number of aromatic nitrogens is 3. The van der Waals surface area contributed by atoms with E-state index in [1.54, 1.807) is 7.05 Å². The van der Waals surface area contributed by atoms with Crippen LogP contribution in [0.4, 0.5) is 13.2 Å². The van der Waals surface area contributed by atoms with Gasteiger partial charge in [0.05, 0.1) is 16.8 Å². The lowest BCUT2D eigenvalue weighted by Crippen LogP contribution is -2.63. The number of carbonyl (C=O) groups is 1. The summed E-state index contributed by atoms with van der Waals surface area (Å²) in [4.78, 5) is 14.8. The van der Waals surface area contributed by atoms with E-state index < -0.39 is 33.2 Å². The van der Waals surface area contributed by atoms with Crippen LogP contribution in [0.2, 0.25) is 5.02 Å². The van der Waals surface area contributed by atoms with Crippen LogP contribution >= 0.6 is 11.6 Å². The van der Waals surface area contributed by atoms with Crippen molar-refractivity contribution >= 4 is 27.5 Å². The molecule has 1 amide bonds. The Morgan fingerprint density at radius 3 is 2.36 bits per heavy atom. The van der Waals surface area contributed by atoms with Crippen LogP contribution in [0, 0.1) is 12.7 Å². The van der Waals surface area contributed by atoms with Crippen molar-refractivity contribution in [3.63, 3.8) is 0 Å². The number of halogens is 4. The predicted molar refractivity (Wildman–Crippen MR) is 126 cm³/mol. The summed E-state index contributed by atoms with van der Waals surface area (Å²) in [6.45, 7) is 2.44. The summed E-state index contributed by atoms with van der Waals surface area (Å²) in [6.07, 6.45) is 0.864. The maximum Gasteiger partial charge on any atom is 0.264 e. The van der Waals surface area contributed by atoms with Crippen LogP contribution in [0.3, 0.4) is 0 Å². The second kappa shape index (κ2) is 9.92. The number of piperazine rings is 1. The molecular formula is C22H28ClF3N6O3S. The zero-order valence-electron chi connectivity index (χ0n) is 20.0. The number of hydrogen-bond acceptors (Lipinski definition) is 6. The van der Waals surface area contributed by atoms with Crippen molar-refractivity contribution in [2.24, 2.45) is 7.05 Å². The number of sulfonamides is 1. The third-order valence-electron chi connectivity index (χ3n) is 7.11. The van der Waals surface area contributed by atoms with Gasteiger partial charge < -0.3 is 5.32 Å². The van der Waals surface area contributed by atoms with Crippen molar-refractivity contribution in [2.45, 2.75) is 49.1 Å². The quantitative estimate of drug-likeness (QED) is 0.596. The summed E-state index contributed by atoms with van der Waals surface area (Å²) in [5, 5.41) is 9.70. The SMILES string of the molecule is Cc1ccc(C(=O)NCC2(N3CCN(S(=O)(=O)c4cn(C)nn4)CC3)CCC(F)(F)CC2)c(Cl)c1F. The molecule has 0 unspecified atom stereocenters. The molecule has 1 saturated heterocycles. The molecule has 14 heteroatoms. The van der Waals surface area contributed by atoms with E-state index in [2.05, 4.69) is 15.6 Å². The third-order valence-corrected chi connectivity index (χ3v) is 9.24. The number of rotatable bonds is 6. The van der Waals surface area contributed by atoms with Crippen molar-refractivity contribution in [1.82, 2.24) is 29.5 Å². The molecule has 0 atom stereocenters. The minimum Gasteiger partial charge on any atom is -0.350 e. The summed E-state index contributed by atoms with van der Waals surface area (Å²) in [7, 11) is -2.27. The topological polar surface area (TPSA) is 100 Å². The molecule has 2 heterocycles. The summed E-state index contributed by atoms with van der Waals surface area (Å²) in [6, 6.07) is 2.87. The van der Waals surface area contributed by atoms with E-state index in [1.165, 1.54) is 34.2 Å². The highest BCUT2D eigenvalue weighted by Crippen LogP contribution is 2.42. The smallest absolute Gasteiger partial charge is 0.264 e. The monoisotopic (exact) mass is 548 g/mol. The van der Waals surface area contributed by atoms with Gasteiger partial charge >= 0.3 is 0 Å². The predicted octanol–water partition coefficient (Wildman–Crippen LogP) is 2.60. The number of nitrogens with one attached hydrogen (secondary N) is 1. The molecule has 1 N–H and O–H groups in total. The van der Waals surface area contributed by atoms with Crippen molar-refractivity contribution in [1.29, 1.82) is 0 Å². The van der Waals surface area contributed by atoms with E-state index in [0.717, 1.165) is 0 Å². The average molecular weight is 549 g/mol. The zero-order valence-corrected chi connectivity index (χ0v) is 21.5. The molecule has 9 nitrogen and oxygen atoms in total. The van der Waals surface area contributed by atoms with Crippen molar-refractivity contribution in [3.8, 4) is 0 Å². The Morgan fingerprint density at radius 1 is 1.14 bits per heavy atom. The first-order valence-corrected chi connectivity index (χ1v) is 13.4. The first kappa shape index (κ1) is 26.8. The number of benzene rings is 1. The zero-order chi connectivity index (χ0) is 26.3. The highest BCUT2D eigenvalue weighted by atomic mass is 35.5. The van der Waals surface area contributed by atoms with Crippen LogP contribution < -0.4 is 5.32 Å². The normalized spacial score (nSPS) is 20.8. The number of carbonyl (C=O) groups excluding carboxylic acids is 1. The summed E-state index contributed by atoms with van der Waals surface area (Å²) in [5.74, 6) is -4.08. The lowest BCUT2D eigenvalue weighted by Gasteiger charge is -2.50. The maximum absolute atomic E-state index is 14.2. The molecule has 2 aliphatic rings. The second-order valence-corrected chi connectivity index (χ2v) is 11.7. The number of amides is 1. The van der Waals surface area contributed by atoms with Gasteiger partial charge in [-0.15, -0.1) is 5.10 Å². The Balaban J connectivity index is 1.49. The average Bonchev–Trinajstić information content (AvgIpc) is 3.29. The van der Waals surface area contributed by atoms with Gasteiger partial charge in [0.2, 0.25) is 10.9 Å². The number of hydrogen-bond donors (Lipinski definition) is 1. The molecule has 1 saturated carbocycles. The fourth-order valence-corrected chi connectivity index (χ4v) is 6.46. The lowest BCUT2D eigenvalue weighted by molar-refractivity contribution is -0.0856. The Kier molecular flexibility index (Phi) is 7.39. The third kappa shape index (κ3) is 5.24. The Morgan fingerprint density at radius 2 is 1.78 bits per heavy atom. The van der Waals surface area contributed by atoms with Crippen LogP contribution in [0.25, 0.3) is 0 Å². The van der Waals surface area contributed by atoms with Gasteiger partial charge in [-0.25, -0.2) is 21.6 Å². The van der Waals surface area contributed by atoms with Crippen molar-refractivity contribution in [3.05, 3.63) is 40.3 Å². The van der Waals surface area contributed by atoms with E-state index in [9.17, 15) is 26.4 Å². The van der Waals surface area contributed by atoms with Gasteiger partial charge in [-0.3, -0.25) is 14.4 Å². The highest BCUT2D eigenvalue weighted by Gasteiger charge is 2.48. The maximum atomic E-state index is 14.2. The standard InChI is InChI=1S/C22H28ClF3N6O3S/c1-15-3-4-16(18(23)19(15)24)20(33)27-14-21(5-7-22(25,26)8-6-21)31-9-11-32(12-10-31)36(34,35)17-13-30(2)29-28-17/h3-4,13H,5-12,14H2,1-2H3,(H,27,33). The summed E-state index contributed by atoms with van der Waals surface area (Å²) < 4.78 is 70.7. The van der Waals surface area contributed by atoms with Crippen LogP contribution in [0.15, 0.2) is 23.4 Å². The van der Waals surface area contributed by atoms with Crippen LogP contribution in [-0.2, 0) is 17.1 Å². The van der Waals surface area contributed by atoms with E-state index in [1.807, 2.05) is 4.90 Å². The largest absolute Gasteiger partial charge is 0.350 e. The van der Waals surface area contributed by atoms with E-state index >= 15 is 0 Å². The highest BCUT2D eigenvalue weighted by molar-refractivity contribution is 7.89. The van der Waals surface area contributed by atoms with Gasteiger partial charge in [-0.2, -0.15) is 4.31 Å². The Labute approximate surface area is 212 Å².